The van der Waals surface area contributed by atoms with Crippen LogP contribution < -0.4 is 15.4 Å². The highest BCUT2D eigenvalue weighted by Gasteiger charge is 2.31. The fraction of sp³-hybridized carbons (Fsp3) is 0.500. The molecule has 39 heavy (non-hydrogen) atoms. The van der Waals surface area contributed by atoms with Crippen LogP contribution in [-0.4, -0.2) is 65.1 Å². The Labute approximate surface area is 227 Å². The summed E-state index contributed by atoms with van der Waals surface area (Å²) in [4.78, 5) is 30.7. The van der Waals surface area contributed by atoms with Crippen LogP contribution >= 0.6 is 0 Å². The van der Waals surface area contributed by atoms with Crippen LogP contribution in [0.5, 0.6) is 5.75 Å². The highest BCUT2D eigenvalue weighted by atomic mass is 19.1. The van der Waals surface area contributed by atoms with Crippen molar-refractivity contribution in [3.8, 4) is 5.75 Å². The SMILES string of the molecule is CCN=C/C(=C\N)c1nc2c(nc1N1CCC(Oc3ccc(F)cc3F)CC1)CCN(C(=O)OC(C)(C)C)C2. The van der Waals surface area contributed by atoms with Gasteiger partial charge in [0.15, 0.2) is 17.4 Å². The van der Waals surface area contributed by atoms with Crippen molar-refractivity contribution in [2.24, 2.45) is 10.7 Å². The number of aliphatic imine (C=N–C) groups is 1. The minimum absolute atomic E-state index is 0.0442. The van der Waals surface area contributed by atoms with Crippen LogP contribution in [0.4, 0.5) is 19.4 Å². The molecule has 210 valence electrons. The Kier molecular flexibility index (Phi) is 8.66. The summed E-state index contributed by atoms with van der Waals surface area (Å²) in [5, 5.41) is 0. The van der Waals surface area contributed by atoms with Gasteiger partial charge in [0.05, 0.1) is 17.9 Å². The van der Waals surface area contributed by atoms with Crippen LogP contribution in [0, 0.1) is 11.6 Å². The van der Waals surface area contributed by atoms with E-state index in [4.69, 9.17) is 25.2 Å². The Hall–Kier alpha value is -3.76. The van der Waals surface area contributed by atoms with E-state index in [-0.39, 0.29) is 24.5 Å². The van der Waals surface area contributed by atoms with Crippen molar-refractivity contribution in [1.29, 1.82) is 0 Å². The lowest BCUT2D eigenvalue weighted by molar-refractivity contribution is 0.0219. The Morgan fingerprint density at radius 3 is 2.56 bits per heavy atom. The summed E-state index contributed by atoms with van der Waals surface area (Å²) in [6, 6.07) is 3.32. The van der Waals surface area contributed by atoms with Crippen LogP contribution in [-0.2, 0) is 17.7 Å². The predicted octanol–water partition coefficient (Wildman–Crippen LogP) is 4.49. The zero-order valence-electron chi connectivity index (χ0n) is 22.9. The number of nitrogens with two attached hydrogens (primary N) is 1. The molecule has 3 heterocycles. The third kappa shape index (κ3) is 7.01. The molecule has 1 aromatic carbocycles. The summed E-state index contributed by atoms with van der Waals surface area (Å²) in [5.74, 6) is -0.626. The number of fused-ring (bicyclic) bond motifs is 1. The number of halogens is 2. The largest absolute Gasteiger partial charge is 0.487 e. The van der Waals surface area contributed by atoms with Crippen molar-refractivity contribution >= 4 is 23.7 Å². The summed E-state index contributed by atoms with van der Waals surface area (Å²) >= 11 is 0. The van der Waals surface area contributed by atoms with Crippen LogP contribution in [0.2, 0.25) is 0 Å². The highest BCUT2D eigenvalue weighted by Crippen LogP contribution is 2.31. The second-order valence-electron chi connectivity index (χ2n) is 10.6. The molecule has 1 amide bonds. The number of piperidine rings is 1. The normalized spacial score (nSPS) is 16.9. The molecule has 4 rings (SSSR count). The Morgan fingerprint density at radius 1 is 1.18 bits per heavy atom. The lowest BCUT2D eigenvalue weighted by Gasteiger charge is -2.35. The van der Waals surface area contributed by atoms with Crippen molar-refractivity contribution in [3.63, 3.8) is 0 Å². The molecule has 2 aliphatic rings. The van der Waals surface area contributed by atoms with Gasteiger partial charge in [-0.05, 0) is 39.8 Å². The van der Waals surface area contributed by atoms with Crippen LogP contribution in [0.25, 0.3) is 5.57 Å². The molecule has 0 saturated carbocycles. The van der Waals surface area contributed by atoms with Gasteiger partial charge in [-0.25, -0.2) is 23.5 Å². The molecule has 0 spiro atoms. The zero-order valence-corrected chi connectivity index (χ0v) is 22.9. The van der Waals surface area contributed by atoms with Gasteiger partial charge in [-0.3, -0.25) is 4.99 Å². The number of carbonyl (C=O) groups is 1. The third-order valence-corrected chi connectivity index (χ3v) is 6.44. The molecule has 0 radical (unpaired) electrons. The number of aromatic nitrogens is 2. The molecular formula is C28H36F2N6O3. The topological polar surface area (TPSA) is 106 Å². The summed E-state index contributed by atoms with van der Waals surface area (Å²) in [6.07, 6.45) is 4.31. The van der Waals surface area contributed by atoms with Crippen molar-refractivity contribution in [2.45, 2.75) is 65.2 Å². The van der Waals surface area contributed by atoms with Crippen LogP contribution in [0.3, 0.4) is 0 Å². The van der Waals surface area contributed by atoms with E-state index in [1.807, 2.05) is 27.7 Å². The predicted molar refractivity (Wildman–Crippen MR) is 146 cm³/mol. The van der Waals surface area contributed by atoms with E-state index in [0.29, 0.717) is 68.2 Å². The first-order valence-electron chi connectivity index (χ1n) is 13.2. The Morgan fingerprint density at radius 2 is 1.92 bits per heavy atom. The van der Waals surface area contributed by atoms with Gasteiger partial charge in [-0.2, -0.15) is 0 Å². The first kappa shape index (κ1) is 28.3. The fourth-order valence-corrected chi connectivity index (χ4v) is 4.53. The first-order chi connectivity index (χ1) is 18.6. The number of amides is 1. The summed E-state index contributed by atoms with van der Waals surface area (Å²) in [6.45, 7) is 9.98. The molecule has 2 N–H and O–H groups in total. The van der Waals surface area contributed by atoms with E-state index in [0.717, 1.165) is 11.8 Å². The van der Waals surface area contributed by atoms with Gasteiger partial charge in [-0.1, -0.05) is 0 Å². The molecule has 0 atom stereocenters. The smallest absolute Gasteiger partial charge is 0.410 e. The average Bonchev–Trinajstić information content (AvgIpc) is 2.89. The van der Waals surface area contributed by atoms with Crippen molar-refractivity contribution in [3.05, 3.63) is 53.1 Å². The minimum Gasteiger partial charge on any atom is -0.487 e. The number of carbonyl (C=O) groups excluding carboxylic acids is 1. The monoisotopic (exact) mass is 542 g/mol. The lowest BCUT2D eigenvalue weighted by Crippen LogP contribution is -2.42. The molecule has 0 unspecified atom stereocenters. The minimum atomic E-state index is -0.714. The van der Waals surface area contributed by atoms with Gasteiger partial charge in [0.2, 0.25) is 0 Å². The Balaban J connectivity index is 1.56. The Bertz CT molecular complexity index is 1250. The number of ether oxygens (including phenoxy) is 2. The number of nitrogens with zero attached hydrogens (tertiary/aromatic N) is 5. The third-order valence-electron chi connectivity index (χ3n) is 6.44. The molecule has 1 saturated heterocycles. The molecular weight excluding hydrogens is 506 g/mol. The van der Waals surface area contributed by atoms with E-state index in [1.54, 1.807) is 11.1 Å². The molecule has 1 aromatic heterocycles. The summed E-state index contributed by atoms with van der Waals surface area (Å²) in [5.41, 5.74) is 8.13. The maximum Gasteiger partial charge on any atom is 0.410 e. The second-order valence-corrected chi connectivity index (χ2v) is 10.6. The van der Waals surface area contributed by atoms with Crippen molar-refractivity contribution in [1.82, 2.24) is 14.9 Å². The maximum atomic E-state index is 14.1. The number of hydrogen-bond acceptors (Lipinski definition) is 8. The zero-order chi connectivity index (χ0) is 28.2. The summed E-state index contributed by atoms with van der Waals surface area (Å²) in [7, 11) is 0. The van der Waals surface area contributed by atoms with Gasteiger partial charge in [0, 0.05) is 69.5 Å². The quantitative estimate of drug-likeness (QED) is 0.536. The van der Waals surface area contributed by atoms with E-state index in [1.165, 1.54) is 18.3 Å². The number of anilines is 1. The van der Waals surface area contributed by atoms with Gasteiger partial charge < -0.3 is 25.0 Å². The van der Waals surface area contributed by atoms with Crippen LogP contribution in [0.1, 0.15) is 57.6 Å². The molecule has 9 nitrogen and oxygen atoms in total. The van der Waals surface area contributed by atoms with E-state index < -0.39 is 17.2 Å². The van der Waals surface area contributed by atoms with Gasteiger partial charge in [-0.15, -0.1) is 0 Å². The number of rotatable bonds is 6. The van der Waals surface area contributed by atoms with E-state index >= 15 is 0 Å². The number of benzene rings is 1. The van der Waals surface area contributed by atoms with E-state index in [9.17, 15) is 13.6 Å². The molecule has 11 heteroatoms. The highest BCUT2D eigenvalue weighted by molar-refractivity contribution is 6.10. The maximum absolute atomic E-state index is 14.1. The second kappa shape index (κ2) is 12.0. The average molecular weight is 543 g/mol. The first-order valence-corrected chi connectivity index (χ1v) is 13.2. The standard InChI is InChI=1S/C28H36F2N6O3/c1-5-32-16-18(15-31)25-26(34-22-10-13-36(17-23(22)33-25)27(37)39-28(2,3)4)35-11-8-20(9-12-35)38-24-7-6-19(29)14-21(24)30/h6-7,14-16,20H,5,8-13,17,31H2,1-4H3/b18-15+,32-16?. The molecule has 2 aliphatic heterocycles. The summed E-state index contributed by atoms with van der Waals surface area (Å²) < 4.78 is 38.7. The van der Waals surface area contributed by atoms with Gasteiger partial charge >= 0.3 is 6.09 Å². The number of allylic oxidation sites excluding steroid dienone is 1. The van der Waals surface area contributed by atoms with E-state index in [2.05, 4.69) is 9.89 Å². The van der Waals surface area contributed by atoms with Crippen molar-refractivity contribution < 1.29 is 23.0 Å². The number of hydrogen-bond donors (Lipinski definition) is 1. The fourth-order valence-electron chi connectivity index (χ4n) is 4.53. The lowest BCUT2D eigenvalue weighted by atomic mass is 10.1. The molecule has 2 aromatic rings. The van der Waals surface area contributed by atoms with Crippen molar-refractivity contribution in [2.75, 3.05) is 31.1 Å². The van der Waals surface area contributed by atoms with Gasteiger partial charge in [0.25, 0.3) is 0 Å². The molecule has 0 aliphatic carbocycles. The molecule has 1 fully saturated rings. The van der Waals surface area contributed by atoms with Gasteiger partial charge in [0.1, 0.15) is 23.2 Å². The van der Waals surface area contributed by atoms with Crippen LogP contribution in [0.15, 0.2) is 29.4 Å². The molecule has 0 bridgehead atoms.